The van der Waals surface area contributed by atoms with Crippen molar-refractivity contribution in [3.8, 4) is 0 Å². The van der Waals surface area contributed by atoms with Gasteiger partial charge in [0.05, 0.1) is 17.5 Å². The van der Waals surface area contributed by atoms with E-state index >= 15 is 0 Å². The van der Waals surface area contributed by atoms with Crippen LogP contribution in [-0.4, -0.2) is 71.5 Å². The third kappa shape index (κ3) is 4.57. The number of thioether (sulfide) groups is 1. The Labute approximate surface area is 176 Å². The molecule has 5 atom stereocenters. The lowest BCUT2D eigenvalue weighted by molar-refractivity contribution is -0.117. The Morgan fingerprint density at radius 1 is 1.21 bits per heavy atom. The molecule has 29 heavy (non-hydrogen) atoms. The molecular weight excluding hydrogens is 414 g/mol. The molecule has 0 aromatic carbocycles. The first-order valence-corrected chi connectivity index (χ1v) is 12.9. The van der Waals surface area contributed by atoms with Crippen LogP contribution in [0, 0.1) is 11.8 Å². The Bertz CT molecular complexity index is 835. The third-order valence-corrected chi connectivity index (χ3v) is 9.39. The number of hydrogen-bond donors (Lipinski definition) is 1. The van der Waals surface area contributed by atoms with Crippen molar-refractivity contribution in [3.05, 3.63) is 0 Å². The summed E-state index contributed by atoms with van der Waals surface area (Å²) >= 11 is 1.41. The van der Waals surface area contributed by atoms with Gasteiger partial charge in [-0.3, -0.25) is 4.79 Å². The van der Waals surface area contributed by atoms with Crippen molar-refractivity contribution in [1.29, 1.82) is 0 Å². The maximum absolute atomic E-state index is 12.4. The number of amidine groups is 1. The Morgan fingerprint density at radius 3 is 2.59 bits per heavy atom. The van der Waals surface area contributed by atoms with E-state index in [1.807, 2.05) is 0 Å². The number of fused-ring (bicyclic) bond motifs is 3. The fourth-order valence-corrected chi connectivity index (χ4v) is 9.13. The second-order valence-corrected chi connectivity index (χ2v) is 13.0. The van der Waals surface area contributed by atoms with Crippen molar-refractivity contribution in [2.24, 2.45) is 16.8 Å². The van der Waals surface area contributed by atoms with Crippen molar-refractivity contribution < 1.29 is 22.7 Å². The Kier molecular flexibility index (Phi) is 5.38. The van der Waals surface area contributed by atoms with Crippen LogP contribution in [0.25, 0.3) is 0 Å². The molecule has 2 aliphatic carbocycles. The van der Waals surface area contributed by atoms with Gasteiger partial charge in [0.2, 0.25) is 0 Å². The first kappa shape index (κ1) is 21.0. The van der Waals surface area contributed by atoms with Gasteiger partial charge in [0, 0.05) is 11.3 Å². The summed E-state index contributed by atoms with van der Waals surface area (Å²) in [7, 11) is -3.05. The standard InChI is InChI=1S/C19H29N3O5S2/c1-19(2,3)27-18(24)20-8-16(23)21-17-22(13-7-11-4-5-12(13)6-11)14-9-29(25,26)10-15(14)28-17/h11-15H,4-10H2,1-3H3,(H,20,24). The van der Waals surface area contributed by atoms with E-state index in [4.69, 9.17) is 4.74 Å². The maximum atomic E-state index is 12.4. The van der Waals surface area contributed by atoms with Crippen LogP contribution in [0.4, 0.5) is 4.79 Å². The van der Waals surface area contributed by atoms with Gasteiger partial charge in [-0.25, -0.2) is 13.2 Å². The van der Waals surface area contributed by atoms with E-state index in [0.29, 0.717) is 17.0 Å². The van der Waals surface area contributed by atoms with Crippen LogP contribution in [0.2, 0.25) is 0 Å². The van der Waals surface area contributed by atoms with Crippen LogP contribution in [0.3, 0.4) is 0 Å². The number of nitrogens with zero attached hydrogens (tertiary/aromatic N) is 2. The zero-order valence-corrected chi connectivity index (χ0v) is 18.7. The van der Waals surface area contributed by atoms with E-state index in [0.717, 1.165) is 6.42 Å². The Balaban J connectivity index is 1.46. The lowest BCUT2D eigenvalue weighted by Gasteiger charge is -2.36. The largest absolute Gasteiger partial charge is 0.444 e. The average molecular weight is 444 g/mol. The fourth-order valence-electron chi connectivity index (χ4n) is 5.14. The van der Waals surface area contributed by atoms with E-state index in [1.165, 1.54) is 31.0 Å². The molecular formula is C19H29N3O5S2. The summed E-state index contributed by atoms with van der Waals surface area (Å²) in [4.78, 5) is 30.6. The van der Waals surface area contributed by atoms with Gasteiger partial charge >= 0.3 is 6.09 Å². The number of carbonyl (C=O) groups excluding carboxylic acids is 2. The molecule has 4 fully saturated rings. The predicted molar refractivity (Wildman–Crippen MR) is 112 cm³/mol. The minimum Gasteiger partial charge on any atom is -0.444 e. The zero-order chi connectivity index (χ0) is 21.0. The van der Waals surface area contributed by atoms with E-state index < -0.39 is 27.4 Å². The van der Waals surface area contributed by atoms with Gasteiger partial charge < -0.3 is 15.0 Å². The minimum absolute atomic E-state index is 0.0653. The summed E-state index contributed by atoms with van der Waals surface area (Å²) in [6.07, 6.45) is 4.01. The number of sulfone groups is 1. The van der Waals surface area contributed by atoms with Crippen molar-refractivity contribution >= 4 is 38.8 Å². The smallest absolute Gasteiger partial charge is 0.408 e. The molecule has 4 aliphatic rings. The summed E-state index contributed by atoms with van der Waals surface area (Å²) < 4.78 is 29.5. The molecule has 1 N–H and O–H groups in total. The third-order valence-electron chi connectivity index (χ3n) is 6.17. The zero-order valence-electron chi connectivity index (χ0n) is 17.1. The number of hydrogen-bond acceptors (Lipinski definition) is 6. The molecule has 0 aromatic heterocycles. The topological polar surface area (TPSA) is 105 Å². The molecule has 10 heteroatoms. The molecule has 2 saturated carbocycles. The number of alkyl carbamates (subject to hydrolysis) is 1. The van der Waals surface area contributed by atoms with E-state index in [1.54, 1.807) is 20.8 Å². The Morgan fingerprint density at radius 2 is 1.97 bits per heavy atom. The van der Waals surface area contributed by atoms with E-state index in [2.05, 4.69) is 15.2 Å². The maximum Gasteiger partial charge on any atom is 0.408 e. The number of ether oxygens (including phenoxy) is 1. The molecule has 0 spiro atoms. The van der Waals surface area contributed by atoms with Gasteiger partial charge in [-0.05, 0) is 51.9 Å². The Hall–Kier alpha value is -1.29. The number of nitrogens with one attached hydrogen (secondary N) is 1. The van der Waals surface area contributed by atoms with Gasteiger partial charge in [-0.1, -0.05) is 18.2 Å². The monoisotopic (exact) mass is 443 g/mol. The molecule has 2 bridgehead atoms. The van der Waals surface area contributed by atoms with Crippen LogP contribution in [-0.2, 0) is 19.4 Å². The summed E-state index contributed by atoms with van der Waals surface area (Å²) in [5.41, 5.74) is -0.637. The van der Waals surface area contributed by atoms with Crippen molar-refractivity contribution in [1.82, 2.24) is 10.2 Å². The molecule has 4 rings (SSSR count). The van der Waals surface area contributed by atoms with Gasteiger partial charge in [0.15, 0.2) is 15.0 Å². The molecule has 2 amide bonds. The lowest BCUT2D eigenvalue weighted by Crippen LogP contribution is -2.47. The van der Waals surface area contributed by atoms with E-state index in [-0.39, 0.29) is 35.4 Å². The van der Waals surface area contributed by atoms with Gasteiger partial charge in [0.1, 0.15) is 12.1 Å². The molecule has 2 aliphatic heterocycles. The van der Waals surface area contributed by atoms with Crippen LogP contribution < -0.4 is 5.32 Å². The highest BCUT2D eigenvalue weighted by Gasteiger charge is 2.54. The first-order chi connectivity index (χ1) is 13.5. The quantitative estimate of drug-likeness (QED) is 0.709. The van der Waals surface area contributed by atoms with Crippen molar-refractivity contribution in [2.45, 2.75) is 69.4 Å². The van der Waals surface area contributed by atoms with Crippen LogP contribution in [0.5, 0.6) is 0 Å². The van der Waals surface area contributed by atoms with Crippen LogP contribution in [0.15, 0.2) is 4.99 Å². The van der Waals surface area contributed by atoms with Crippen LogP contribution in [0.1, 0.15) is 46.5 Å². The molecule has 2 saturated heterocycles. The number of aliphatic imine (C=N–C) groups is 1. The molecule has 5 unspecified atom stereocenters. The van der Waals surface area contributed by atoms with Crippen LogP contribution >= 0.6 is 11.8 Å². The highest BCUT2D eigenvalue weighted by atomic mass is 32.2. The molecule has 0 radical (unpaired) electrons. The average Bonchev–Trinajstić information content (AvgIpc) is 3.30. The summed E-state index contributed by atoms with van der Waals surface area (Å²) in [6.45, 7) is 5.02. The van der Waals surface area contributed by atoms with E-state index in [9.17, 15) is 18.0 Å². The number of rotatable bonds is 3. The normalized spacial score (nSPS) is 36.4. The first-order valence-electron chi connectivity index (χ1n) is 10.2. The summed E-state index contributed by atoms with van der Waals surface area (Å²) in [5.74, 6) is 1.10. The molecule has 0 aromatic rings. The number of amides is 2. The van der Waals surface area contributed by atoms with Gasteiger partial charge in [-0.2, -0.15) is 4.99 Å². The fraction of sp³-hybridized carbons (Fsp3) is 0.842. The summed E-state index contributed by atoms with van der Waals surface area (Å²) in [5, 5.41) is 3.01. The number of carbonyl (C=O) groups is 2. The minimum atomic E-state index is -3.05. The van der Waals surface area contributed by atoms with Crippen molar-refractivity contribution in [2.75, 3.05) is 18.1 Å². The predicted octanol–water partition coefficient (Wildman–Crippen LogP) is 1.80. The SMILES string of the molecule is CC(C)(C)OC(=O)NCC(=O)N=C1SC2CS(=O)(=O)CC2N1C1CC2CCC1C2. The van der Waals surface area contributed by atoms with Gasteiger partial charge in [0.25, 0.3) is 5.91 Å². The van der Waals surface area contributed by atoms with Crippen molar-refractivity contribution in [3.63, 3.8) is 0 Å². The van der Waals surface area contributed by atoms with Gasteiger partial charge in [-0.15, -0.1) is 0 Å². The highest BCUT2D eigenvalue weighted by molar-refractivity contribution is 8.15. The second kappa shape index (κ2) is 7.44. The lowest BCUT2D eigenvalue weighted by atomic mass is 9.93. The molecule has 2 heterocycles. The second-order valence-electron chi connectivity index (χ2n) is 9.59. The molecule has 8 nitrogen and oxygen atoms in total. The highest BCUT2D eigenvalue weighted by Crippen LogP contribution is 2.51. The summed E-state index contributed by atoms with van der Waals surface area (Å²) in [6, 6.07) is 0.176. The molecule has 162 valence electrons.